The van der Waals surface area contributed by atoms with E-state index < -0.39 is 0 Å². The van der Waals surface area contributed by atoms with E-state index in [4.69, 9.17) is 4.52 Å². The van der Waals surface area contributed by atoms with Gasteiger partial charge in [-0.2, -0.15) is 0 Å². The number of para-hydroxylation sites is 1. The molecule has 2 aromatic rings. The Labute approximate surface area is 104 Å². The Balaban J connectivity index is 1.68. The molecule has 0 atom stereocenters. The maximum absolute atomic E-state index is 11.8. The molecular formula is C13H13N3O2. The fourth-order valence-electron chi connectivity index (χ4n) is 2.11. The predicted molar refractivity (Wildman–Crippen MR) is 67.6 cm³/mol. The van der Waals surface area contributed by atoms with Crippen LogP contribution >= 0.6 is 0 Å². The number of hydrogen-bond acceptors (Lipinski definition) is 3. The van der Waals surface area contributed by atoms with Gasteiger partial charge in [0.2, 0.25) is 5.88 Å². The molecule has 0 fully saturated rings. The Morgan fingerprint density at radius 3 is 2.83 bits per heavy atom. The second-order valence-corrected chi connectivity index (χ2v) is 4.24. The SMILES string of the molecule is O=C(Nc1ccccc1)Nc1onc2c1CCC2. The molecule has 5 heteroatoms. The van der Waals surface area contributed by atoms with Crippen molar-refractivity contribution in [2.45, 2.75) is 19.3 Å². The first-order chi connectivity index (χ1) is 8.83. The summed E-state index contributed by atoms with van der Waals surface area (Å²) < 4.78 is 5.12. The molecule has 5 nitrogen and oxygen atoms in total. The summed E-state index contributed by atoms with van der Waals surface area (Å²) in [6.45, 7) is 0. The molecule has 0 unspecified atom stereocenters. The van der Waals surface area contributed by atoms with E-state index in [0.29, 0.717) is 5.88 Å². The molecule has 0 spiro atoms. The molecule has 1 aliphatic carbocycles. The highest BCUT2D eigenvalue weighted by Crippen LogP contribution is 2.28. The first kappa shape index (κ1) is 10.8. The molecule has 3 rings (SSSR count). The molecule has 1 aliphatic rings. The molecule has 0 radical (unpaired) electrons. The highest BCUT2D eigenvalue weighted by atomic mass is 16.5. The summed E-state index contributed by atoms with van der Waals surface area (Å²) >= 11 is 0. The van der Waals surface area contributed by atoms with Crippen LogP contribution in [0.2, 0.25) is 0 Å². The van der Waals surface area contributed by atoms with Crippen molar-refractivity contribution >= 4 is 17.6 Å². The lowest BCUT2D eigenvalue weighted by Crippen LogP contribution is -2.19. The number of anilines is 2. The fraction of sp³-hybridized carbons (Fsp3) is 0.231. The summed E-state index contributed by atoms with van der Waals surface area (Å²) in [6, 6.07) is 8.96. The maximum Gasteiger partial charge on any atom is 0.326 e. The van der Waals surface area contributed by atoms with Crippen molar-refractivity contribution < 1.29 is 9.32 Å². The van der Waals surface area contributed by atoms with Gasteiger partial charge < -0.3 is 9.84 Å². The minimum Gasteiger partial charge on any atom is -0.338 e. The topological polar surface area (TPSA) is 67.2 Å². The number of carbonyl (C=O) groups is 1. The minimum atomic E-state index is -0.313. The third-order valence-corrected chi connectivity index (χ3v) is 2.97. The van der Waals surface area contributed by atoms with Crippen LogP contribution < -0.4 is 10.6 Å². The van der Waals surface area contributed by atoms with Crippen LogP contribution in [0.15, 0.2) is 34.9 Å². The number of nitrogens with zero attached hydrogens (tertiary/aromatic N) is 1. The summed E-state index contributed by atoms with van der Waals surface area (Å²) in [7, 11) is 0. The second-order valence-electron chi connectivity index (χ2n) is 4.24. The Morgan fingerprint density at radius 2 is 2.00 bits per heavy atom. The number of fused-ring (bicyclic) bond motifs is 1. The van der Waals surface area contributed by atoms with Crippen molar-refractivity contribution in [2.75, 3.05) is 10.6 Å². The predicted octanol–water partition coefficient (Wildman–Crippen LogP) is 2.81. The van der Waals surface area contributed by atoms with Crippen LogP contribution in [0.4, 0.5) is 16.4 Å². The van der Waals surface area contributed by atoms with Gasteiger partial charge in [-0.15, -0.1) is 0 Å². The zero-order valence-electron chi connectivity index (χ0n) is 9.77. The average molecular weight is 243 g/mol. The zero-order chi connectivity index (χ0) is 12.4. The van der Waals surface area contributed by atoms with Crippen molar-refractivity contribution in [3.63, 3.8) is 0 Å². The number of benzene rings is 1. The summed E-state index contributed by atoms with van der Waals surface area (Å²) in [5.74, 6) is 0.468. The summed E-state index contributed by atoms with van der Waals surface area (Å²) in [5.41, 5.74) is 2.73. The lowest BCUT2D eigenvalue weighted by atomic mass is 10.3. The third-order valence-electron chi connectivity index (χ3n) is 2.97. The molecule has 92 valence electrons. The number of aryl methyl sites for hydroxylation is 1. The van der Waals surface area contributed by atoms with E-state index in [0.717, 1.165) is 36.2 Å². The number of urea groups is 1. The maximum atomic E-state index is 11.8. The van der Waals surface area contributed by atoms with Crippen molar-refractivity contribution in [3.8, 4) is 0 Å². The van der Waals surface area contributed by atoms with Gasteiger partial charge in [0.15, 0.2) is 0 Å². The van der Waals surface area contributed by atoms with E-state index in [1.807, 2.05) is 30.3 Å². The van der Waals surface area contributed by atoms with E-state index in [1.54, 1.807) is 0 Å². The number of nitrogens with one attached hydrogen (secondary N) is 2. The van der Waals surface area contributed by atoms with Gasteiger partial charge in [0.05, 0.1) is 5.69 Å². The van der Waals surface area contributed by atoms with Gasteiger partial charge in [-0.3, -0.25) is 5.32 Å². The Hall–Kier alpha value is -2.30. The molecule has 1 heterocycles. The molecule has 2 N–H and O–H groups in total. The van der Waals surface area contributed by atoms with Crippen molar-refractivity contribution in [1.29, 1.82) is 0 Å². The molecule has 1 aromatic heterocycles. The molecule has 2 amide bonds. The van der Waals surface area contributed by atoms with Crippen molar-refractivity contribution in [3.05, 3.63) is 41.6 Å². The van der Waals surface area contributed by atoms with Gasteiger partial charge >= 0.3 is 6.03 Å². The Bertz CT molecular complexity index is 563. The smallest absolute Gasteiger partial charge is 0.326 e. The number of amides is 2. The van der Waals surface area contributed by atoms with Gasteiger partial charge in [-0.25, -0.2) is 4.79 Å². The zero-order valence-corrected chi connectivity index (χ0v) is 9.77. The van der Waals surface area contributed by atoms with E-state index in [9.17, 15) is 4.79 Å². The Morgan fingerprint density at radius 1 is 1.17 bits per heavy atom. The average Bonchev–Trinajstić information content (AvgIpc) is 2.95. The largest absolute Gasteiger partial charge is 0.338 e. The number of carbonyl (C=O) groups excluding carboxylic acids is 1. The van der Waals surface area contributed by atoms with Crippen LogP contribution in [-0.4, -0.2) is 11.2 Å². The van der Waals surface area contributed by atoms with E-state index in [2.05, 4.69) is 15.8 Å². The number of hydrogen-bond donors (Lipinski definition) is 2. The molecule has 18 heavy (non-hydrogen) atoms. The van der Waals surface area contributed by atoms with Crippen LogP contribution in [0, 0.1) is 0 Å². The number of aromatic nitrogens is 1. The molecule has 0 bridgehead atoms. The lowest BCUT2D eigenvalue weighted by Gasteiger charge is -2.05. The molecular weight excluding hydrogens is 230 g/mol. The number of rotatable bonds is 2. The summed E-state index contributed by atoms with van der Waals surface area (Å²) in [4.78, 5) is 11.8. The normalized spacial score (nSPS) is 13.1. The Kier molecular flexibility index (Phi) is 2.72. The van der Waals surface area contributed by atoms with Crippen LogP contribution in [-0.2, 0) is 12.8 Å². The minimum absolute atomic E-state index is 0.313. The van der Waals surface area contributed by atoms with E-state index in [1.165, 1.54) is 0 Å². The van der Waals surface area contributed by atoms with Crippen molar-refractivity contribution in [2.24, 2.45) is 0 Å². The highest BCUT2D eigenvalue weighted by Gasteiger charge is 2.22. The molecule has 0 saturated carbocycles. The highest BCUT2D eigenvalue weighted by molar-refractivity contribution is 5.99. The van der Waals surface area contributed by atoms with Crippen LogP contribution in [0.1, 0.15) is 17.7 Å². The van der Waals surface area contributed by atoms with Gasteiger partial charge in [-0.05, 0) is 31.4 Å². The van der Waals surface area contributed by atoms with Crippen LogP contribution in [0.3, 0.4) is 0 Å². The molecule has 0 aliphatic heterocycles. The van der Waals surface area contributed by atoms with Gasteiger partial charge in [0.1, 0.15) is 0 Å². The molecule has 1 aromatic carbocycles. The third kappa shape index (κ3) is 2.07. The second kappa shape index (κ2) is 4.52. The van der Waals surface area contributed by atoms with Crippen molar-refractivity contribution in [1.82, 2.24) is 5.16 Å². The van der Waals surface area contributed by atoms with Gasteiger partial charge in [-0.1, -0.05) is 23.4 Å². The standard InChI is InChI=1S/C13H13N3O2/c17-13(14-9-5-2-1-3-6-9)15-12-10-7-4-8-11(10)16-18-12/h1-3,5-6H,4,7-8H2,(H2,14,15,17). The quantitative estimate of drug-likeness (QED) is 0.852. The van der Waals surface area contributed by atoms with Crippen LogP contribution in [0.25, 0.3) is 0 Å². The van der Waals surface area contributed by atoms with E-state index >= 15 is 0 Å². The fourth-order valence-corrected chi connectivity index (χ4v) is 2.11. The monoisotopic (exact) mass is 243 g/mol. The summed E-state index contributed by atoms with van der Waals surface area (Å²) in [5, 5.41) is 9.36. The molecule has 0 saturated heterocycles. The first-order valence-electron chi connectivity index (χ1n) is 5.93. The summed E-state index contributed by atoms with van der Waals surface area (Å²) in [6.07, 6.45) is 2.92. The lowest BCUT2D eigenvalue weighted by molar-refractivity contribution is 0.261. The van der Waals surface area contributed by atoms with Gasteiger partial charge in [0, 0.05) is 11.3 Å². The first-order valence-corrected chi connectivity index (χ1v) is 5.93. The van der Waals surface area contributed by atoms with Crippen LogP contribution in [0.5, 0.6) is 0 Å². The van der Waals surface area contributed by atoms with Gasteiger partial charge in [0.25, 0.3) is 0 Å². The van der Waals surface area contributed by atoms with E-state index in [-0.39, 0.29) is 6.03 Å².